The Morgan fingerprint density at radius 1 is 0.269 bits per heavy atom. The molecule has 78 heavy (non-hydrogen) atoms. The molecule has 0 bridgehead atoms. The van der Waals surface area contributed by atoms with Crippen LogP contribution in [-0.4, -0.2) is 37.2 Å². The summed E-state index contributed by atoms with van der Waals surface area (Å²) in [5.41, 5.74) is 0. The number of carbonyl (C=O) groups is 3. The fourth-order valence-corrected chi connectivity index (χ4v) is 10.2. The molecule has 0 aromatic carbocycles. The summed E-state index contributed by atoms with van der Waals surface area (Å²) in [6, 6.07) is 0. The summed E-state index contributed by atoms with van der Waals surface area (Å²) in [6.07, 6.45) is 85.3. The predicted molar refractivity (Wildman–Crippen MR) is 339 cm³/mol. The number of esters is 3. The van der Waals surface area contributed by atoms with E-state index in [2.05, 4.69) is 81.5 Å². The second-order valence-corrected chi connectivity index (χ2v) is 23.1. The summed E-state index contributed by atoms with van der Waals surface area (Å²) in [4.78, 5) is 38.4. The summed E-state index contributed by atoms with van der Waals surface area (Å²) >= 11 is 0. The number of hydrogen-bond donors (Lipinski definition) is 0. The Kier molecular flexibility index (Phi) is 64.2. The van der Waals surface area contributed by atoms with Crippen molar-refractivity contribution in [1.82, 2.24) is 0 Å². The molecule has 1 unspecified atom stereocenters. The Labute approximate surface area is 485 Å². The second kappa shape index (κ2) is 66.6. The Morgan fingerprint density at radius 2 is 0.500 bits per heavy atom. The smallest absolute Gasteiger partial charge is 0.306 e. The first kappa shape index (κ1) is 75.1. The number of rotatable bonds is 63. The molecule has 1 atom stereocenters. The monoisotopic (exact) mass is 1090 g/mol. The highest BCUT2D eigenvalue weighted by atomic mass is 16.6. The predicted octanol–water partition coefficient (Wildman–Crippen LogP) is 23.5. The third-order valence-electron chi connectivity index (χ3n) is 15.3. The summed E-state index contributed by atoms with van der Waals surface area (Å²) in [6.45, 7) is 6.57. The normalized spacial score (nSPS) is 12.4. The van der Waals surface area contributed by atoms with Crippen LogP contribution in [0.5, 0.6) is 0 Å². The highest BCUT2D eigenvalue weighted by molar-refractivity contribution is 5.71. The summed E-state index contributed by atoms with van der Waals surface area (Å²) < 4.78 is 17.0. The maximum atomic E-state index is 12.9. The number of hydrogen-bond acceptors (Lipinski definition) is 6. The minimum Gasteiger partial charge on any atom is -0.462 e. The van der Waals surface area contributed by atoms with Crippen LogP contribution in [0.15, 0.2) is 60.8 Å². The van der Waals surface area contributed by atoms with Gasteiger partial charge in [0.1, 0.15) is 13.2 Å². The van der Waals surface area contributed by atoms with Gasteiger partial charge in [0.2, 0.25) is 0 Å². The Morgan fingerprint density at radius 3 is 0.782 bits per heavy atom. The maximum Gasteiger partial charge on any atom is 0.306 e. The minimum atomic E-state index is -0.783. The van der Waals surface area contributed by atoms with Gasteiger partial charge >= 0.3 is 17.9 Å². The lowest BCUT2D eigenvalue weighted by Gasteiger charge is -2.18. The molecule has 454 valence electrons. The lowest BCUT2D eigenvalue weighted by atomic mass is 10.0. The molecule has 6 nitrogen and oxygen atoms in total. The van der Waals surface area contributed by atoms with Crippen molar-refractivity contribution >= 4 is 17.9 Å². The molecule has 6 heteroatoms. The van der Waals surface area contributed by atoms with Gasteiger partial charge in [-0.2, -0.15) is 0 Å². The highest BCUT2D eigenvalue weighted by Gasteiger charge is 2.19. The van der Waals surface area contributed by atoms with Crippen molar-refractivity contribution in [1.29, 1.82) is 0 Å². The average Bonchev–Trinajstić information content (AvgIpc) is 3.44. The van der Waals surface area contributed by atoms with E-state index in [0.29, 0.717) is 19.3 Å². The van der Waals surface area contributed by atoms with E-state index in [1.807, 2.05) is 0 Å². The minimum absolute atomic E-state index is 0.0775. The van der Waals surface area contributed by atoms with Crippen LogP contribution in [-0.2, 0) is 28.6 Å². The van der Waals surface area contributed by atoms with E-state index < -0.39 is 6.10 Å². The first-order chi connectivity index (χ1) is 38.5. The van der Waals surface area contributed by atoms with Crippen LogP contribution in [0.25, 0.3) is 0 Å². The average molecular weight is 1090 g/mol. The molecule has 0 N–H and O–H groups in total. The quantitative estimate of drug-likeness (QED) is 0.0261. The van der Waals surface area contributed by atoms with Gasteiger partial charge in [0.15, 0.2) is 6.10 Å². The van der Waals surface area contributed by atoms with Gasteiger partial charge in [-0.1, -0.05) is 338 Å². The van der Waals surface area contributed by atoms with Crippen LogP contribution >= 0.6 is 0 Å². The number of allylic oxidation sites excluding steroid dienone is 10. The SMILES string of the molecule is CC/C=C\C/C=C\C/C=C\C/C=C\C/C=C\CCCCCCCC(=O)OC(COC(=O)CCCCCCCCCCCCCCC)COC(=O)CCCCCCCCCCCCCCCCCCCCCCCCCCCC. The molecule has 0 aromatic heterocycles. The number of ether oxygens (including phenoxy) is 3. The van der Waals surface area contributed by atoms with Gasteiger partial charge in [-0.3, -0.25) is 14.4 Å². The summed E-state index contributed by atoms with van der Waals surface area (Å²) in [5, 5.41) is 0. The van der Waals surface area contributed by atoms with Gasteiger partial charge in [-0.15, -0.1) is 0 Å². The van der Waals surface area contributed by atoms with Crippen molar-refractivity contribution < 1.29 is 28.6 Å². The molecule has 0 aliphatic heterocycles. The standard InChI is InChI=1S/C72H130O6/c1-4-7-10-13-16-19-22-25-27-29-31-33-34-35-36-37-39-40-42-44-47-50-53-56-59-62-65-71(74)77-68-69(67-76-70(73)64-61-58-55-52-49-46-24-21-18-15-12-9-6-3)78-72(75)66-63-60-57-54-51-48-45-43-41-38-32-30-28-26-23-20-17-14-11-8-5-2/h8,11,17,20,26,28,32,38,43,45,69H,4-7,9-10,12-16,18-19,21-25,27,29-31,33-37,39-42,44,46-68H2,1-3H3/b11-8-,20-17-,28-26-,38-32-,45-43-. The fourth-order valence-electron chi connectivity index (χ4n) is 10.2. The first-order valence-electron chi connectivity index (χ1n) is 34.3. The molecular formula is C72H130O6. The van der Waals surface area contributed by atoms with E-state index in [9.17, 15) is 14.4 Å². The molecule has 0 saturated heterocycles. The second-order valence-electron chi connectivity index (χ2n) is 23.1. The third-order valence-corrected chi connectivity index (χ3v) is 15.3. The molecule has 0 radical (unpaired) electrons. The van der Waals surface area contributed by atoms with Crippen molar-refractivity contribution in [2.75, 3.05) is 13.2 Å². The molecule has 0 amide bonds. The van der Waals surface area contributed by atoms with Gasteiger partial charge in [0.05, 0.1) is 0 Å². The van der Waals surface area contributed by atoms with Crippen LogP contribution in [0.1, 0.15) is 361 Å². The lowest BCUT2D eigenvalue weighted by molar-refractivity contribution is -0.167. The van der Waals surface area contributed by atoms with E-state index in [0.717, 1.165) is 109 Å². The van der Waals surface area contributed by atoms with E-state index in [1.54, 1.807) is 0 Å². The molecule has 0 saturated carbocycles. The molecule has 0 fully saturated rings. The third kappa shape index (κ3) is 63.9. The zero-order chi connectivity index (χ0) is 56.4. The van der Waals surface area contributed by atoms with Crippen LogP contribution in [0.2, 0.25) is 0 Å². The van der Waals surface area contributed by atoms with Crippen LogP contribution < -0.4 is 0 Å². The zero-order valence-electron chi connectivity index (χ0n) is 52.2. The molecular weight excluding hydrogens is 961 g/mol. The molecule has 0 aliphatic rings. The Bertz CT molecular complexity index is 1390. The van der Waals surface area contributed by atoms with Crippen LogP contribution in [0.3, 0.4) is 0 Å². The van der Waals surface area contributed by atoms with Crippen LogP contribution in [0, 0.1) is 0 Å². The largest absolute Gasteiger partial charge is 0.462 e. The van der Waals surface area contributed by atoms with Gasteiger partial charge in [-0.05, 0) is 64.2 Å². The van der Waals surface area contributed by atoms with E-state index in [1.165, 1.54) is 212 Å². The van der Waals surface area contributed by atoms with Crippen molar-refractivity contribution in [3.8, 4) is 0 Å². The van der Waals surface area contributed by atoms with Gasteiger partial charge in [0, 0.05) is 19.3 Å². The first-order valence-corrected chi connectivity index (χ1v) is 34.3. The zero-order valence-corrected chi connectivity index (χ0v) is 52.2. The number of carbonyl (C=O) groups excluding carboxylic acids is 3. The van der Waals surface area contributed by atoms with Crippen molar-refractivity contribution in [3.63, 3.8) is 0 Å². The van der Waals surface area contributed by atoms with Gasteiger partial charge in [0.25, 0.3) is 0 Å². The molecule has 0 aromatic rings. The molecule has 0 heterocycles. The fraction of sp³-hybridized carbons (Fsp3) is 0.819. The van der Waals surface area contributed by atoms with Gasteiger partial charge < -0.3 is 14.2 Å². The summed E-state index contributed by atoms with van der Waals surface area (Å²) in [5.74, 6) is -0.873. The molecule has 0 aliphatic carbocycles. The lowest BCUT2D eigenvalue weighted by Crippen LogP contribution is -2.30. The van der Waals surface area contributed by atoms with E-state index >= 15 is 0 Å². The highest BCUT2D eigenvalue weighted by Crippen LogP contribution is 2.18. The number of unbranched alkanes of at least 4 members (excludes halogenated alkanes) is 42. The van der Waals surface area contributed by atoms with Gasteiger partial charge in [-0.25, -0.2) is 0 Å². The molecule has 0 rings (SSSR count). The van der Waals surface area contributed by atoms with E-state index in [4.69, 9.17) is 14.2 Å². The topological polar surface area (TPSA) is 78.9 Å². The van der Waals surface area contributed by atoms with Crippen molar-refractivity contribution in [3.05, 3.63) is 60.8 Å². The molecule has 0 spiro atoms. The van der Waals surface area contributed by atoms with E-state index in [-0.39, 0.29) is 31.1 Å². The van der Waals surface area contributed by atoms with Crippen molar-refractivity contribution in [2.45, 2.75) is 367 Å². The van der Waals surface area contributed by atoms with Crippen molar-refractivity contribution in [2.24, 2.45) is 0 Å². The van der Waals surface area contributed by atoms with Crippen LogP contribution in [0.4, 0.5) is 0 Å². The maximum absolute atomic E-state index is 12.9. The summed E-state index contributed by atoms with van der Waals surface area (Å²) in [7, 11) is 0. The Balaban J connectivity index is 4.27. The Hall–Kier alpha value is -2.89.